The van der Waals surface area contributed by atoms with Crippen LogP contribution in [-0.4, -0.2) is 28.0 Å². The molecule has 0 amide bonds. The lowest BCUT2D eigenvalue weighted by Gasteiger charge is -2.34. The Morgan fingerprint density at radius 1 is 1.09 bits per heavy atom. The van der Waals surface area contributed by atoms with Gasteiger partial charge in [0.1, 0.15) is 46.9 Å². The molecule has 0 saturated carbocycles. The van der Waals surface area contributed by atoms with Crippen LogP contribution in [0.2, 0.25) is 0 Å². The molecule has 174 valence electrons. The molecular weight excluding hydrogens is 458 g/mol. The van der Waals surface area contributed by atoms with E-state index in [4.69, 9.17) is 15.8 Å². The van der Waals surface area contributed by atoms with Gasteiger partial charge in [0, 0.05) is 11.6 Å². The van der Waals surface area contributed by atoms with Gasteiger partial charge in [-0.3, -0.25) is 9.98 Å². The van der Waals surface area contributed by atoms with Gasteiger partial charge in [0.25, 0.3) is 0 Å². The maximum absolute atomic E-state index is 15.5. The molecule has 3 rings (SSSR count). The van der Waals surface area contributed by atoms with E-state index in [0.29, 0.717) is 18.5 Å². The number of nitrogens with zero attached hydrogens (tertiary/aromatic N) is 6. The molecule has 0 fully saturated rings. The number of nitrogens with two attached hydrogens (primary N) is 1. The highest BCUT2D eigenvalue weighted by atomic mass is 19.3. The lowest BCUT2D eigenvalue weighted by atomic mass is 9.84. The predicted molar refractivity (Wildman–Crippen MR) is 110 cm³/mol. The van der Waals surface area contributed by atoms with Gasteiger partial charge in [-0.25, -0.2) is 13.8 Å². The van der Waals surface area contributed by atoms with E-state index in [9.17, 15) is 13.9 Å². The number of rotatable bonds is 8. The monoisotopic (exact) mass is 473 g/mol. The fraction of sp³-hybridized carbons (Fsp3) is 0.143. The first-order valence-corrected chi connectivity index (χ1v) is 9.36. The number of ether oxygens (including phenoxy) is 1. The first kappa shape index (κ1) is 24.2. The van der Waals surface area contributed by atoms with Crippen molar-refractivity contribution in [1.82, 2.24) is 9.97 Å². The number of alkyl halides is 2. The fourth-order valence-electron chi connectivity index (χ4n) is 2.90. The zero-order valence-electron chi connectivity index (χ0n) is 17.1. The molecule has 1 atom stereocenters. The summed E-state index contributed by atoms with van der Waals surface area (Å²) in [7, 11) is 0. The Kier molecular flexibility index (Phi) is 7.12. The molecule has 34 heavy (non-hydrogen) atoms. The van der Waals surface area contributed by atoms with E-state index in [2.05, 4.69) is 25.3 Å². The van der Waals surface area contributed by atoms with Crippen molar-refractivity contribution in [2.24, 2.45) is 21.2 Å². The standard InChI is InChI=1S/C21H15F4N7O2/c22-13-1-5-17(18(23)7-13)20(33,11-28-12-31-32-27)21(24,25)19-6-4-16(10-30-19)34-15-3-2-14(8-26)29-9-15/h1-7,9-10,12,33H,11H2,(H2,27,28,31). The predicted octanol–water partition coefficient (Wildman–Crippen LogP) is 3.75. The molecule has 3 aromatic rings. The van der Waals surface area contributed by atoms with Crippen molar-refractivity contribution < 1.29 is 27.4 Å². The van der Waals surface area contributed by atoms with E-state index < -0.39 is 41.0 Å². The minimum atomic E-state index is -4.21. The molecule has 0 saturated heterocycles. The Labute approximate surface area is 189 Å². The van der Waals surface area contributed by atoms with Crippen LogP contribution in [-0.2, 0) is 11.5 Å². The van der Waals surface area contributed by atoms with Crippen LogP contribution >= 0.6 is 0 Å². The summed E-state index contributed by atoms with van der Waals surface area (Å²) in [6.45, 7) is -1.08. The average Bonchev–Trinajstić information content (AvgIpc) is 2.82. The van der Waals surface area contributed by atoms with Gasteiger partial charge in [0.15, 0.2) is 5.60 Å². The number of benzene rings is 1. The van der Waals surface area contributed by atoms with E-state index >= 15 is 8.78 Å². The number of aliphatic hydroxyl groups is 1. The van der Waals surface area contributed by atoms with Gasteiger partial charge < -0.3 is 15.7 Å². The molecule has 3 N–H and O–H groups in total. The van der Waals surface area contributed by atoms with Gasteiger partial charge in [-0.15, -0.1) is 5.11 Å². The third-order valence-electron chi connectivity index (χ3n) is 4.56. The van der Waals surface area contributed by atoms with Crippen molar-refractivity contribution in [3.05, 3.63) is 83.4 Å². The van der Waals surface area contributed by atoms with Crippen LogP contribution in [0.1, 0.15) is 17.0 Å². The fourth-order valence-corrected chi connectivity index (χ4v) is 2.90. The molecule has 0 aliphatic heterocycles. The quantitative estimate of drug-likeness (QED) is 0.127. The molecule has 0 aliphatic rings. The van der Waals surface area contributed by atoms with Crippen LogP contribution < -0.4 is 10.6 Å². The van der Waals surface area contributed by atoms with Crippen molar-refractivity contribution in [3.63, 3.8) is 0 Å². The molecule has 0 aliphatic carbocycles. The highest BCUT2D eigenvalue weighted by Crippen LogP contribution is 2.46. The summed E-state index contributed by atoms with van der Waals surface area (Å²) in [6.07, 6.45) is 2.90. The number of pyridine rings is 2. The van der Waals surface area contributed by atoms with Crippen LogP contribution in [0.4, 0.5) is 17.6 Å². The second-order valence-electron chi connectivity index (χ2n) is 6.72. The van der Waals surface area contributed by atoms with E-state index in [1.165, 1.54) is 18.3 Å². The number of aliphatic imine (C=N–C) groups is 1. The van der Waals surface area contributed by atoms with Crippen LogP contribution in [0.25, 0.3) is 0 Å². The average molecular weight is 473 g/mol. The summed E-state index contributed by atoms with van der Waals surface area (Å²) < 4.78 is 64.2. The first-order valence-electron chi connectivity index (χ1n) is 9.36. The second-order valence-corrected chi connectivity index (χ2v) is 6.72. The molecule has 0 radical (unpaired) electrons. The Morgan fingerprint density at radius 2 is 1.79 bits per heavy atom. The Balaban J connectivity index is 1.95. The van der Waals surface area contributed by atoms with Crippen molar-refractivity contribution in [3.8, 4) is 17.6 Å². The Morgan fingerprint density at radius 3 is 2.35 bits per heavy atom. The zero-order chi connectivity index (χ0) is 24.8. The molecule has 2 aromatic heterocycles. The van der Waals surface area contributed by atoms with Crippen LogP contribution in [0.15, 0.2) is 70.2 Å². The van der Waals surface area contributed by atoms with E-state index in [-0.39, 0.29) is 17.2 Å². The third kappa shape index (κ3) is 4.97. The number of hydrogen-bond acceptors (Lipinski definition) is 7. The second kappa shape index (κ2) is 10.0. The number of aromatic nitrogens is 2. The van der Waals surface area contributed by atoms with Gasteiger partial charge >= 0.3 is 5.92 Å². The Bertz CT molecular complexity index is 1250. The van der Waals surface area contributed by atoms with Crippen molar-refractivity contribution in [2.45, 2.75) is 11.5 Å². The van der Waals surface area contributed by atoms with E-state index in [1.807, 2.05) is 6.07 Å². The van der Waals surface area contributed by atoms with Crippen molar-refractivity contribution in [1.29, 1.82) is 5.26 Å². The maximum atomic E-state index is 15.5. The van der Waals surface area contributed by atoms with Gasteiger partial charge in [-0.05, 0) is 36.4 Å². The molecule has 13 heteroatoms. The van der Waals surface area contributed by atoms with Gasteiger partial charge in [-0.2, -0.15) is 14.0 Å². The van der Waals surface area contributed by atoms with Crippen LogP contribution in [0.3, 0.4) is 0 Å². The zero-order valence-corrected chi connectivity index (χ0v) is 17.1. The largest absolute Gasteiger partial charge is 0.454 e. The normalized spacial score (nSPS) is 13.6. The third-order valence-corrected chi connectivity index (χ3v) is 4.56. The molecule has 1 aromatic carbocycles. The Hall–Kier alpha value is -4.44. The van der Waals surface area contributed by atoms with Gasteiger partial charge in [-0.1, -0.05) is 5.22 Å². The summed E-state index contributed by atoms with van der Waals surface area (Å²) in [5.74, 6) is -1.58. The summed E-state index contributed by atoms with van der Waals surface area (Å²) in [5, 5.41) is 25.8. The number of nitriles is 1. The summed E-state index contributed by atoms with van der Waals surface area (Å²) in [5.41, 5.74) is -4.98. The smallest absolute Gasteiger partial charge is 0.323 e. The topological polar surface area (TPSA) is 142 Å². The van der Waals surface area contributed by atoms with Crippen molar-refractivity contribution >= 4 is 6.34 Å². The molecule has 0 spiro atoms. The summed E-state index contributed by atoms with van der Waals surface area (Å²) in [4.78, 5) is 11.0. The number of hydrogen-bond donors (Lipinski definition) is 2. The molecule has 1 unspecified atom stereocenters. The lowest BCUT2D eigenvalue weighted by Crippen LogP contribution is -2.47. The highest BCUT2D eigenvalue weighted by molar-refractivity contribution is 5.54. The summed E-state index contributed by atoms with van der Waals surface area (Å²) in [6, 6.07) is 8.45. The summed E-state index contributed by atoms with van der Waals surface area (Å²) >= 11 is 0. The SMILES string of the molecule is N#Cc1ccc(Oc2ccc(C(F)(F)C(O)(CN=CN=NN)c3ccc(F)cc3F)nc2)cn1. The minimum Gasteiger partial charge on any atom is -0.454 e. The van der Waals surface area contributed by atoms with Gasteiger partial charge in [0.2, 0.25) is 0 Å². The van der Waals surface area contributed by atoms with Crippen LogP contribution in [0, 0.1) is 23.0 Å². The molecular formula is C21H15F4N7O2. The lowest BCUT2D eigenvalue weighted by molar-refractivity contribution is -0.193. The first-order chi connectivity index (χ1) is 16.2. The van der Waals surface area contributed by atoms with Crippen LogP contribution in [0.5, 0.6) is 11.5 Å². The molecule has 9 nitrogen and oxygen atoms in total. The van der Waals surface area contributed by atoms with Crippen molar-refractivity contribution in [2.75, 3.05) is 6.54 Å². The molecule has 0 bridgehead atoms. The maximum Gasteiger partial charge on any atom is 0.323 e. The highest BCUT2D eigenvalue weighted by Gasteiger charge is 2.57. The van der Waals surface area contributed by atoms with Gasteiger partial charge in [0.05, 0.1) is 18.9 Å². The minimum absolute atomic E-state index is 0.0453. The van der Waals surface area contributed by atoms with E-state index in [0.717, 1.165) is 24.4 Å². The molecule has 2 heterocycles. The number of halogens is 4. The van der Waals surface area contributed by atoms with E-state index in [1.54, 1.807) is 0 Å².